The molecule has 14 heavy (non-hydrogen) atoms. The van der Waals surface area contributed by atoms with Gasteiger partial charge < -0.3 is 9.63 Å². The first-order valence-corrected chi connectivity index (χ1v) is 3.74. The van der Waals surface area contributed by atoms with E-state index in [-0.39, 0.29) is 11.3 Å². The fourth-order valence-electron chi connectivity index (χ4n) is 1.03. The summed E-state index contributed by atoms with van der Waals surface area (Å²) < 4.78 is 4.58. The molecule has 0 aliphatic carbocycles. The molecule has 2 heterocycles. The maximum absolute atomic E-state index is 10.7. The Bertz CT molecular complexity index is 452. The number of carbonyl (C=O) groups is 1. The monoisotopic (exact) mass is 191 g/mol. The number of carboxylic acids is 1. The Morgan fingerprint density at radius 1 is 1.43 bits per heavy atom. The van der Waals surface area contributed by atoms with Crippen LogP contribution >= 0.6 is 0 Å². The molecule has 0 spiro atoms. The molecule has 0 fully saturated rings. The Labute approximate surface area is 78.2 Å². The zero-order chi connectivity index (χ0) is 9.97. The average molecular weight is 191 g/mol. The van der Waals surface area contributed by atoms with Crippen molar-refractivity contribution in [2.24, 2.45) is 0 Å². The molecule has 0 amide bonds. The Hall–Kier alpha value is -2.24. The highest BCUT2D eigenvalue weighted by Crippen LogP contribution is 2.20. The molecule has 6 nitrogen and oxygen atoms in total. The summed E-state index contributed by atoms with van der Waals surface area (Å²) in [7, 11) is 0. The van der Waals surface area contributed by atoms with Crippen LogP contribution in [0.3, 0.4) is 0 Å². The van der Waals surface area contributed by atoms with Crippen LogP contribution in [0.4, 0.5) is 0 Å². The zero-order valence-electron chi connectivity index (χ0n) is 6.91. The number of aromatic carboxylic acids is 1. The van der Waals surface area contributed by atoms with E-state index in [4.69, 9.17) is 5.11 Å². The maximum Gasteiger partial charge on any atom is 0.341 e. The standard InChI is InChI=1S/C8H5N3O3/c12-8(13)6-4-14-11-7(6)5-1-2-9-10-3-5/h1-4H,(H,12,13). The first-order valence-electron chi connectivity index (χ1n) is 3.74. The van der Waals surface area contributed by atoms with Crippen LogP contribution in [0.15, 0.2) is 29.2 Å². The molecular weight excluding hydrogens is 186 g/mol. The number of carboxylic acid groups (broad SMARTS) is 1. The second kappa shape index (κ2) is 3.25. The molecule has 2 aromatic heterocycles. The molecule has 1 N–H and O–H groups in total. The molecule has 70 valence electrons. The summed E-state index contributed by atoms with van der Waals surface area (Å²) in [6, 6.07) is 1.61. The Morgan fingerprint density at radius 3 is 2.93 bits per heavy atom. The van der Waals surface area contributed by atoms with Gasteiger partial charge in [-0.05, 0) is 6.07 Å². The molecule has 0 aliphatic rings. The van der Waals surface area contributed by atoms with Gasteiger partial charge in [0.05, 0.1) is 12.4 Å². The number of aromatic nitrogens is 3. The predicted molar refractivity (Wildman–Crippen MR) is 44.5 cm³/mol. The van der Waals surface area contributed by atoms with Gasteiger partial charge in [0.2, 0.25) is 0 Å². The van der Waals surface area contributed by atoms with E-state index in [1.807, 2.05) is 0 Å². The third-order valence-corrected chi connectivity index (χ3v) is 1.66. The third kappa shape index (κ3) is 1.33. The summed E-state index contributed by atoms with van der Waals surface area (Å²) >= 11 is 0. The van der Waals surface area contributed by atoms with Gasteiger partial charge in [-0.15, -0.1) is 0 Å². The van der Waals surface area contributed by atoms with Gasteiger partial charge in [0.25, 0.3) is 0 Å². The molecule has 6 heteroatoms. The van der Waals surface area contributed by atoms with Crippen LogP contribution in [0.2, 0.25) is 0 Å². The van der Waals surface area contributed by atoms with E-state index in [1.165, 1.54) is 12.4 Å². The average Bonchev–Trinajstić information content (AvgIpc) is 2.67. The van der Waals surface area contributed by atoms with Gasteiger partial charge in [0, 0.05) is 5.56 Å². The van der Waals surface area contributed by atoms with Crippen LogP contribution in [0.5, 0.6) is 0 Å². The Morgan fingerprint density at radius 2 is 2.29 bits per heavy atom. The van der Waals surface area contributed by atoms with Crippen molar-refractivity contribution < 1.29 is 14.4 Å². The van der Waals surface area contributed by atoms with E-state index >= 15 is 0 Å². The van der Waals surface area contributed by atoms with Gasteiger partial charge >= 0.3 is 5.97 Å². The van der Waals surface area contributed by atoms with Gasteiger partial charge in [0.1, 0.15) is 17.5 Å². The number of rotatable bonds is 2. The summed E-state index contributed by atoms with van der Waals surface area (Å²) in [5.41, 5.74) is 0.830. The van der Waals surface area contributed by atoms with Crippen molar-refractivity contribution in [1.29, 1.82) is 0 Å². The van der Waals surface area contributed by atoms with Crippen molar-refractivity contribution in [3.05, 3.63) is 30.3 Å². The van der Waals surface area contributed by atoms with Crippen LogP contribution < -0.4 is 0 Å². The first kappa shape index (κ1) is 8.36. The van der Waals surface area contributed by atoms with Crippen LogP contribution in [0.1, 0.15) is 10.4 Å². The van der Waals surface area contributed by atoms with Crippen LogP contribution in [-0.2, 0) is 0 Å². The molecule has 0 bridgehead atoms. The summed E-state index contributed by atoms with van der Waals surface area (Å²) in [4.78, 5) is 10.7. The van der Waals surface area contributed by atoms with Crippen LogP contribution in [-0.4, -0.2) is 26.4 Å². The molecule has 0 radical (unpaired) electrons. The first-order chi connectivity index (χ1) is 6.79. The van der Waals surface area contributed by atoms with E-state index < -0.39 is 5.97 Å². The van der Waals surface area contributed by atoms with E-state index in [9.17, 15) is 4.79 Å². The highest BCUT2D eigenvalue weighted by atomic mass is 16.5. The summed E-state index contributed by atoms with van der Waals surface area (Å²) in [5.74, 6) is -1.09. The number of hydrogen-bond acceptors (Lipinski definition) is 5. The molecule has 0 aliphatic heterocycles. The van der Waals surface area contributed by atoms with Gasteiger partial charge in [0.15, 0.2) is 0 Å². The lowest BCUT2D eigenvalue weighted by molar-refractivity contribution is 0.0697. The predicted octanol–water partition coefficient (Wildman–Crippen LogP) is 0.830. The summed E-state index contributed by atoms with van der Waals surface area (Å²) in [5, 5.41) is 19.6. The molecule has 0 saturated carbocycles. The van der Waals surface area contributed by atoms with Gasteiger partial charge in [-0.25, -0.2) is 4.79 Å². The van der Waals surface area contributed by atoms with Crippen molar-refractivity contribution in [3.63, 3.8) is 0 Å². The highest BCUT2D eigenvalue weighted by molar-refractivity contribution is 5.94. The van der Waals surface area contributed by atoms with E-state index in [0.29, 0.717) is 5.56 Å². The van der Waals surface area contributed by atoms with Gasteiger partial charge in [-0.1, -0.05) is 5.16 Å². The fourth-order valence-corrected chi connectivity index (χ4v) is 1.03. The minimum atomic E-state index is -1.09. The maximum atomic E-state index is 10.7. The van der Waals surface area contributed by atoms with Crippen molar-refractivity contribution in [3.8, 4) is 11.3 Å². The van der Waals surface area contributed by atoms with Crippen molar-refractivity contribution in [2.45, 2.75) is 0 Å². The molecule has 0 saturated heterocycles. The molecule has 0 unspecified atom stereocenters. The largest absolute Gasteiger partial charge is 0.477 e. The SMILES string of the molecule is O=C(O)c1conc1-c1ccnnc1. The number of nitrogens with zero attached hydrogens (tertiary/aromatic N) is 3. The topological polar surface area (TPSA) is 89.1 Å². The highest BCUT2D eigenvalue weighted by Gasteiger charge is 2.16. The molecular formula is C8H5N3O3. The van der Waals surface area contributed by atoms with Crippen LogP contribution in [0.25, 0.3) is 11.3 Å². The Balaban J connectivity index is 2.52. The molecule has 2 aromatic rings. The second-order valence-electron chi connectivity index (χ2n) is 2.51. The van der Waals surface area contributed by atoms with Gasteiger partial charge in [-0.3, -0.25) is 0 Å². The van der Waals surface area contributed by atoms with E-state index in [1.54, 1.807) is 6.07 Å². The lowest BCUT2D eigenvalue weighted by Crippen LogP contribution is -1.97. The molecule has 0 atom stereocenters. The normalized spacial score (nSPS) is 10.0. The lowest BCUT2D eigenvalue weighted by atomic mass is 10.1. The minimum Gasteiger partial charge on any atom is -0.477 e. The van der Waals surface area contributed by atoms with Crippen molar-refractivity contribution in [1.82, 2.24) is 15.4 Å². The van der Waals surface area contributed by atoms with Gasteiger partial charge in [-0.2, -0.15) is 10.2 Å². The smallest absolute Gasteiger partial charge is 0.341 e. The van der Waals surface area contributed by atoms with E-state index in [2.05, 4.69) is 19.9 Å². The van der Waals surface area contributed by atoms with Crippen molar-refractivity contribution in [2.75, 3.05) is 0 Å². The number of hydrogen-bond donors (Lipinski definition) is 1. The Kier molecular flexibility index (Phi) is 1.94. The molecule has 0 aromatic carbocycles. The third-order valence-electron chi connectivity index (χ3n) is 1.66. The fraction of sp³-hybridized carbons (Fsp3) is 0. The zero-order valence-corrected chi connectivity index (χ0v) is 6.91. The lowest BCUT2D eigenvalue weighted by Gasteiger charge is -1.94. The summed E-state index contributed by atoms with van der Waals surface area (Å²) in [6.45, 7) is 0. The summed E-state index contributed by atoms with van der Waals surface area (Å²) in [6.07, 6.45) is 3.96. The minimum absolute atomic E-state index is 0.0120. The molecule has 2 rings (SSSR count). The van der Waals surface area contributed by atoms with Crippen molar-refractivity contribution >= 4 is 5.97 Å². The van der Waals surface area contributed by atoms with E-state index in [0.717, 1.165) is 6.26 Å². The second-order valence-corrected chi connectivity index (χ2v) is 2.51. The van der Waals surface area contributed by atoms with Crippen LogP contribution in [0, 0.1) is 0 Å². The quantitative estimate of drug-likeness (QED) is 0.756.